The number of carbonyl (C=O) groups is 1. The molecule has 1 rings (SSSR count). The molecule has 0 aromatic heterocycles. The Bertz CT molecular complexity index is 305. The third-order valence-corrected chi connectivity index (χ3v) is 2.94. The van der Waals surface area contributed by atoms with Gasteiger partial charge in [-0.15, -0.1) is 0 Å². The summed E-state index contributed by atoms with van der Waals surface area (Å²) in [6.07, 6.45) is 2.92. The van der Waals surface area contributed by atoms with Gasteiger partial charge in [0.25, 0.3) is 0 Å². The molecule has 0 aromatic carbocycles. The van der Waals surface area contributed by atoms with Crippen molar-refractivity contribution in [3.05, 3.63) is 10.4 Å². The molecule has 1 fully saturated rings. The molecule has 0 aromatic rings. The molecule has 1 aliphatic rings. The standard InChI is InChI=1S/C11H20N4O3/c12-14-13-8-10-9-15(6-7-18-10)5-3-1-2-4-11(16)17/h10H,1-9H2,(H,16,17)/t10-/m1/s1. The highest BCUT2D eigenvalue weighted by Crippen LogP contribution is 2.08. The predicted molar refractivity (Wildman–Crippen MR) is 66.3 cm³/mol. The second-order valence-corrected chi connectivity index (χ2v) is 4.41. The first kappa shape index (κ1) is 14.8. The lowest BCUT2D eigenvalue weighted by atomic mass is 10.1. The zero-order valence-electron chi connectivity index (χ0n) is 10.5. The van der Waals surface area contributed by atoms with Crippen molar-refractivity contribution in [2.75, 3.05) is 32.8 Å². The maximum atomic E-state index is 10.3. The number of carboxylic acid groups (broad SMARTS) is 1. The molecule has 7 heteroatoms. The molecule has 0 saturated carbocycles. The van der Waals surface area contributed by atoms with Gasteiger partial charge in [-0.3, -0.25) is 9.69 Å². The van der Waals surface area contributed by atoms with E-state index in [4.69, 9.17) is 15.4 Å². The van der Waals surface area contributed by atoms with Crippen molar-refractivity contribution >= 4 is 5.97 Å². The number of rotatable bonds is 8. The van der Waals surface area contributed by atoms with Crippen molar-refractivity contribution in [3.63, 3.8) is 0 Å². The van der Waals surface area contributed by atoms with Gasteiger partial charge in [0.2, 0.25) is 0 Å². The molecule has 102 valence electrons. The Morgan fingerprint density at radius 1 is 1.50 bits per heavy atom. The molecule has 0 amide bonds. The van der Waals surface area contributed by atoms with E-state index in [1.165, 1.54) is 0 Å². The Morgan fingerprint density at radius 2 is 2.33 bits per heavy atom. The van der Waals surface area contributed by atoms with E-state index in [1.807, 2.05) is 0 Å². The number of aliphatic carboxylic acids is 1. The van der Waals surface area contributed by atoms with Gasteiger partial charge in [0, 0.05) is 24.4 Å². The van der Waals surface area contributed by atoms with Crippen LogP contribution >= 0.6 is 0 Å². The Morgan fingerprint density at radius 3 is 3.06 bits per heavy atom. The number of carboxylic acids is 1. The highest BCUT2D eigenvalue weighted by Gasteiger charge is 2.19. The number of hydrogen-bond donors (Lipinski definition) is 1. The van der Waals surface area contributed by atoms with Gasteiger partial charge in [0.05, 0.1) is 19.3 Å². The van der Waals surface area contributed by atoms with E-state index in [0.717, 1.165) is 38.9 Å². The zero-order valence-corrected chi connectivity index (χ0v) is 10.5. The minimum absolute atomic E-state index is 0.00586. The number of hydrogen-bond acceptors (Lipinski definition) is 4. The molecular formula is C11H20N4O3. The molecule has 1 N–H and O–H groups in total. The van der Waals surface area contributed by atoms with Crippen molar-refractivity contribution in [3.8, 4) is 0 Å². The molecule has 1 heterocycles. The van der Waals surface area contributed by atoms with Crippen LogP contribution in [0.3, 0.4) is 0 Å². The summed E-state index contributed by atoms with van der Waals surface area (Å²) in [6.45, 7) is 3.69. The van der Waals surface area contributed by atoms with Gasteiger partial charge < -0.3 is 9.84 Å². The quantitative estimate of drug-likeness (QED) is 0.309. The summed E-state index contributed by atoms with van der Waals surface area (Å²) in [5.74, 6) is -0.726. The average molecular weight is 256 g/mol. The second kappa shape index (κ2) is 8.74. The van der Waals surface area contributed by atoms with Crippen LogP contribution < -0.4 is 0 Å². The first-order valence-electron chi connectivity index (χ1n) is 6.29. The number of morpholine rings is 1. The van der Waals surface area contributed by atoms with E-state index >= 15 is 0 Å². The van der Waals surface area contributed by atoms with Crippen LogP contribution in [0.1, 0.15) is 25.7 Å². The fourth-order valence-corrected chi connectivity index (χ4v) is 2.01. The highest BCUT2D eigenvalue weighted by molar-refractivity contribution is 5.66. The first-order valence-corrected chi connectivity index (χ1v) is 6.29. The summed E-state index contributed by atoms with van der Waals surface area (Å²) < 4.78 is 5.48. The van der Waals surface area contributed by atoms with Gasteiger partial charge in [-0.1, -0.05) is 11.5 Å². The number of nitrogens with zero attached hydrogens (tertiary/aromatic N) is 4. The SMILES string of the molecule is [N-]=[N+]=NC[C@@H]1CN(CCCCCC(=O)O)CCO1. The molecule has 1 aliphatic heterocycles. The van der Waals surface area contributed by atoms with E-state index in [2.05, 4.69) is 14.9 Å². The van der Waals surface area contributed by atoms with Crippen LogP contribution in [-0.2, 0) is 9.53 Å². The fraction of sp³-hybridized carbons (Fsp3) is 0.909. The molecule has 0 unspecified atom stereocenters. The Balaban J connectivity index is 2.10. The van der Waals surface area contributed by atoms with Crippen LogP contribution in [0.15, 0.2) is 5.11 Å². The van der Waals surface area contributed by atoms with Crippen LogP contribution in [0.4, 0.5) is 0 Å². The lowest BCUT2D eigenvalue weighted by Crippen LogP contribution is -2.44. The molecule has 1 atom stereocenters. The van der Waals surface area contributed by atoms with E-state index in [1.54, 1.807) is 0 Å². The van der Waals surface area contributed by atoms with Crippen molar-refractivity contribution in [2.45, 2.75) is 31.8 Å². The Hall–Kier alpha value is -1.30. The number of azide groups is 1. The van der Waals surface area contributed by atoms with E-state index in [-0.39, 0.29) is 12.5 Å². The van der Waals surface area contributed by atoms with Crippen molar-refractivity contribution in [2.24, 2.45) is 5.11 Å². The van der Waals surface area contributed by atoms with E-state index in [9.17, 15) is 4.79 Å². The third-order valence-electron chi connectivity index (χ3n) is 2.94. The lowest BCUT2D eigenvalue weighted by Gasteiger charge is -2.32. The summed E-state index contributed by atoms with van der Waals surface area (Å²) >= 11 is 0. The summed E-state index contributed by atoms with van der Waals surface area (Å²) in [5, 5.41) is 12.0. The smallest absolute Gasteiger partial charge is 0.303 e. The number of unbranched alkanes of at least 4 members (excludes halogenated alkanes) is 2. The predicted octanol–water partition coefficient (Wildman–Crippen LogP) is 1.64. The maximum Gasteiger partial charge on any atom is 0.303 e. The van der Waals surface area contributed by atoms with Crippen LogP contribution in [0.5, 0.6) is 0 Å². The van der Waals surface area contributed by atoms with Crippen molar-refractivity contribution < 1.29 is 14.6 Å². The maximum absolute atomic E-state index is 10.3. The lowest BCUT2D eigenvalue weighted by molar-refractivity contribution is -0.137. The number of ether oxygens (including phenoxy) is 1. The summed E-state index contributed by atoms with van der Waals surface area (Å²) in [6, 6.07) is 0. The van der Waals surface area contributed by atoms with E-state index in [0.29, 0.717) is 13.2 Å². The van der Waals surface area contributed by atoms with Gasteiger partial charge in [0.1, 0.15) is 0 Å². The summed E-state index contributed by atoms with van der Waals surface area (Å²) in [5.41, 5.74) is 8.25. The zero-order chi connectivity index (χ0) is 13.2. The molecule has 0 bridgehead atoms. The minimum Gasteiger partial charge on any atom is -0.481 e. The van der Waals surface area contributed by atoms with Crippen LogP contribution in [0.25, 0.3) is 10.4 Å². The molecule has 0 spiro atoms. The fourth-order valence-electron chi connectivity index (χ4n) is 2.01. The topological polar surface area (TPSA) is 98.5 Å². The molecular weight excluding hydrogens is 236 g/mol. The molecule has 7 nitrogen and oxygen atoms in total. The van der Waals surface area contributed by atoms with Crippen molar-refractivity contribution in [1.29, 1.82) is 0 Å². The summed E-state index contributed by atoms with van der Waals surface area (Å²) in [4.78, 5) is 15.3. The minimum atomic E-state index is -0.726. The monoisotopic (exact) mass is 256 g/mol. The van der Waals surface area contributed by atoms with Gasteiger partial charge in [-0.25, -0.2) is 0 Å². The molecule has 18 heavy (non-hydrogen) atoms. The Kier molecular flexibility index (Phi) is 7.17. The normalized spacial score (nSPS) is 20.3. The highest BCUT2D eigenvalue weighted by atomic mass is 16.5. The van der Waals surface area contributed by atoms with Gasteiger partial charge >= 0.3 is 5.97 Å². The largest absolute Gasteiger partial charge is 0.481 e. The Labute approximate surface area is 106 Å². The van der Waals surface area contributed by atoms with Crippen LogP contribution in [-0.4, -0.2) is 54.9 Å². The van der Waals surface area contributed by atoms with Gasteiger partial charge in [0.15, 0.2) is 0 Å². The molecule has 0 radical (unpaired) electrons. The average Bonchev–Trinajstić information content (AvgIpc) is 2.36. The van der Waals surface area contributed by atoms with Crippen molar-refractivity contribution in [1.82, 2.24) is 4.90 Å². The van der Waals surface area contributed by atoms with E-state index < -0.39 is 5.97 Å². The molecule has 0 aliphatic carbocycles. The summed E-state index contributed by atoms with van der Waals surface area (Å²) in [7, 11) is 0. The third kappa shape index (κ3) is 6.44. The van der Waals surface area contributed by atoms with Crippen LogP contribution in [0.2, 0.25) is 0 Å². The van der Waals surface area contributed by atoms with Gasteiger partial charge in [-0.05, 0) is 24.9 Å². The van der Waals surface area contributed by atoms with Crippen LogP contribution in [0, 0.1) is 0 Å². The first-order chi connectivity index (χ1) is 8.72. The molecule has 1 saturated heterocycles. The van der Waals surface area contributed by atoms with Gasteiger partial charge in [-0.2, -0.15) is 0 Å². The second-order valence-electron chi connectivity index (χ2n) is 4.41.